The predicted octanol–water partition coefficient (Wildman–Crippen LogP) is 0.874. The van der Waals surface area contributed by atoms with Gasteiger partial charge >= 0.3 is 5.97 Å². The Hall–Kier alpha value is -1.93. The minimum Gasteiger partial charge on any atom is -0.480 e. The summed E-state index contributed by atoms with van der Waals surface area (Å²) in [6, 6.07) is 5.60. The molecule has 0 saturated carbocycles. The Morgan fingerprint density at radius 2 is 1.86 bits per heavy atom. The van der Waals surface area contributed by atoms with E-state index in [0.29, 0.717) is 6.42 Å². The number of benzene rings is 1. The smallest absolute Gasteiger partial charge is 0.318 e. The second-order valence-corrected chi connectivity index (χ2v) is 6.90. The van der Waals surface area contributed by atoms with Gasteiger partial charge < -0.3 is 10.0 Å². The number of amides is 1. The maximum absolute atomic E-state index is 12.5. The number of carbonyl (C=O) groups excluding carboxylic acids is 1. The molecule has 0 unspecified atom stereocenters. The van der Waals surface area contributed by atoms with Gasteiger partial charge in [-0.3, -0.25) is 9.59 Å². The summed E-state index contributed by atoms with van der Waals surface area (Å²) in [7, 11) is -0.825. The largest absolute Gasteiger partial charge is 0.480 e. The number of nitrogens with zero attached hydrogens (tertiary/aromatic N) is 2. The van der Waals surface area contributed by atoms with Crippen molar-refractivity contribution in [3.8, 4) is 0 Å². The lowest BCUT2D eigenvalue weighted by Gasteiger charge is -2.20. The van der Waals surface area contributed by atoms with Gasteiger partial charge in [0, 0.05) is 26.2 Å². The van der Waals surface area contributed by atoms with E-state index in [1.54, 1.807) is 21.0 Å². The first kappa shape index (κ1) is 18.1. The van der Waals surface area contributed by atoms with Gasteiger partial charge in [0.15, 0.2) is 0 Å². The van der Waals surface area contributed by atoms with Gasteiger partial charge in [0.1, 0.15) is 6.54 Å². The summed E-state index contributed by atoms with van der Waals surface area (Å²) in [6.45, 7) is 1.25. The SMILES string of the molecule is CCCN(CC(=O)O)S(=O)(=O)c1cccc(C(=O)N(C)C)c1. The molecule has 0 aliphatic heterocycles. The van der Waals surface area contributed by atoms with E-state index in [4.69, 9.17) is 5.11 Å². The summed E-state index contributed by atoms with van der Waals surface area (Å²) >= 11 is 0. The van der Waals surface area contributed by atoms with Crippen molar-refractivity contribution >= 4 is 21.9 Å². The first-order chi connectivity index (χ1) is 10.2. The standard InChI is InChI=1S/C14H20N2O5S/c1-4-8-16(10-13(17)18)22(20,21)12-7-5-6-11(9-12)14(19)15(2)3/h5-7,9H,4,8,10H2,1-3H3,(H,17,18). The molecule has 22 heavy (non-hydrogen) atoms. The average Bonchev–Trinajstić information content (AvgIpc) is 2.45. The number of hydrogen-bond acceptors (Lipinski definition) is 4. The van der Waals surface area contributed by atoms with Gasteiger partial charge in [-0.15, -0.1) is 0 Å². The fourth-order valence-corrected chi connectivity index (χ4v) is 3.41. The second-order valence-electron chi connectivity index (χ2n) is 4.96. The van der Waals surface area contributed by atoms with Crippen molar-refractivity contribution in [2.24, 2.45) is 0 Å². The quantitative estimate of drug-likeness (QED) is 0.801. The molecule has 0 bridgehead atoms. The maximum Gasteiger partial charge on any atom is 0.318 e. The number of rotatable bonds is 7. The zero-order chi connectivity index (χ0) is 16.9. The maximum atomic E-state index is 12.5. The number of hydrogen-bond donors (Lipinski definition) is 1. The van der Waals surface area contributed by atoms with Gasteiger partial charge in [-0.2, -0.15) is 4.31 Å². The molecule has 0 saturated heterocycles. The van der Waals surface area contributed by atoms with Crippen molar-refractivity contribution in [3.05, 3.63) is 29.8 Å². The Bertz CT molecular complexity index is 655. The highest BCUT2D eigenvalue weighted by Gasteiger charge is 2.26. The molecule has 8 heteroatoms. The minimum atomic E-state index is -3.96. The normalized spacial score (nSPS) is 11.5. The number of carbonyl (C=O) groups is 2. The predicted molar refractivity (Wildman–Crippen MR) is 81.1 cm³/mol. The Morgan fingerprint density at radius 1 is 1.23 bits per heavy atom. The van der Waals surface area contributed by atoms with E-state index in [-0.39, 0.29) is 22.9 Å². The van der Waals surface area contributed by atoms with Crippen molar-refractivity contribution in [1.82, 2.24) is 9.21 Å². The molecule has 1 amide bonds. The van der Waals surface area contributed by atoms with Gasteiger partial charge in [0.05, 0.1) is 4.90 Å². The number of carboxylic acid groups (broad SMARTS) is 1. The summed E-state index contributed by atoms with van der Waals surface area (Å²) in [5.74, 6) is -1.55. The molecule has 0 aliphatic carbocycles. The lowest BCUT2D eigenvalue weighted by Crippen LogP contribution is -2.36. The molecule has 0 aromatic heterocycles. The second kappa shape index (κ2) is 7.37. The van der Waals surface area contributed by atoms with Crippen LogP contribution in [0.15, 0.2) is 29.2 Å². The molecule has 0 spiro atoms. The lowest BCUT2D eigenvalue weighted by atomic mass is 10.2. The van der Waals surface area contributed by atoms with E-state index < -0.39 is 22.5 Å². The summed E-state index contributed by atoms with van der Waals surface area (Å²) in [4.78, 5) is 24.0. The van der Waals surface area contributed by atoms with E-state index in [2.05, 4.69) is 0 Å². The molecule has 0 fully saturated rings. The van der Waals surface area contributed by atoms with Gasteiger partial charge in [0.2, 0.25) is 10.0 Å². The molecular formula is C14H20N2O5S. The number of aliphatic carboxylic acids is 1. The summed E-state index contributed by atoms with van der Waals surface area (Å²) in [6.07, 6.45) is 0.489. The topological polar surface area (TPSA) is 95.0 Å². The van der Waals surface area contributed by atoms with Crippen molar-refractivity contribution in [2.75, 3.05) is 27.2 Å². The molecule has 0 atom stereocenters. The van der Waals surface area contributed by atoms with E-state index >= 15 is 0 Å². The van der Waals surface area contributed by atoms with Crippen LogP contribution >= 0.6 is 0 Å². The molecule has 0 heterocycles. The van der Waals surface area contributed by atoms with Crippen LogP contribution in [0.2, 0.25) is 0 Å². The fourth-order valence-electron chi connectivity index (χ4n) is 1.88. The zero-order valence-corrected chi connectivity index (χ0v) is 13.6. The van der Waals surface area contributed by atoms with Crippen LogP contribution in [0.1, 0.15) is 23.7 Å². The van der Waals surface area contributed by atoms with Gasteiger partial charge in [-0.05, 0) is 24.6 Å². The molecule has 1 aromatic rings. The Balaban J connectivity index is 3.23. The number of sulfonamides is 1. The summed E-state index contributed by atoms with van der Waals surface area (Å²) in [5.41, 5.74) is 0.234. The van der Waals surface area contributed by atoms with E-state index in [9.17, 15) is 18.0 Å². The first-order valence-electron chi connectivity index (χ1n) is 6.73. The minimum absolute atomic E-state index is 0.0881. The van der Waals surface area contributed by atoms with Crippen molar-refractivity contribution in [2.45, 2.75) is 18.2 Å². The monoisotopic (exact) mass is 328 g/mol. The third kappa shape index (κ3) is 4.28. The van der Waals surface area contributed by atoms with Gasteiger partial charge in [0.25, 0.3) is 5.91 Å². The van der Waals surface area contributed by atoms with Crippen LogP contribution in [0.5, 0.6) is 0 Å². The van der Waals surface area contributed by atoms with E-state index in [0.717, 1.165) is 4.31 Å². The molecule has 7 nitrogen and oxygen atoms in total. The first-order valence-corrected chi connectivity index (χ1v) is 8.17. The van der Waals surface area contributed by atoms with Crippen molar-refractivity contribution in [3.63, 3.8) is 0 Å². The summed E-state index contributed by atoms with van der Waals surface area (Å²) < 4.78 is 26.0. The van der Waals surface area contributed by atoms with E-state index in [1.165, 1.54) is 29.2 Å². The highest BCUT2D eigenvalue weighted by atomic mass is 32.2. The molecule has 1 N–H and O–H groups in total. The Kier molecular flexibility index (Phi) is 6.07. The van der Waals surface area contributed by atoms with Crippen LogP contribution in [-0.4, -0.2) is 61.8 Å². The Labute approximate surface area is 130 Å². The van der Waals surface area contributed by atoms with Crippen LogP contribution in [0, 0.1) is 0 Å². The highest BCUT2D eigenvalue weighted by Crippen LogP contribution is 2.18. The zero-order valence-electron chi connectivity index (χ0n) is 12.8. The van der Waals surface area contributed by atoms with Gasteiger partial charge in [-0.25, -0.2) is 8.42 Å². The van der Waals surface area contributed by atoms with Crippen LogP contribution in [0.3, 0.4) is 0 Å². The van der Waals surface area contributed by atoms with Crippen LogP contribution in [-0.2, 0) is 14.8 Å². The van der Waals surface area contributed by atoms with E-state index in [1.807, 2.05) is 0 Å². The molecule has 122 valence electrons. The lowest BCUT2D eigenvalue weighted by molar-refractivity contribution is -0.137. The molecule has 0 aliphatic rings. The third-order valence-corrected chi connectivity index (χ3v) is 4.75. The van der Waals surface area contributed by atoms with Crippen molar-refractivity contribution in [1.29, 1.82) is 0 Å². The molecular weight excluding hydrogens is 308 g/mol. The van der Waals surface area contributed by atoms with Crippen LogP contribution < -0.4 is 0 Å². The van der Waals surface area contributed by atoms with Crippen LogP contribution in [0.4, 0.5) is 0 Å². The molecule has 1 aromatic carbocycles. The fraction of sp³-hybridized carbons (Fsp3) is 0.429. The summed E-state index contributed by atoms with van der Waals surface area (Å²) in [5, 5.41) is 8.87. The van der Waals surface area contributed by atoms with Gasteiger partial charge in [-0.1, -0.05) is 13.0 Å². The Morgan fingerprint density at radius 3 is 2.36 bits per heavy atom. The highest BCUT2D eigenvalue weighted by molar-refractivity contribution is 7.89. The molecule has 0 radical (unpaired) electrons. The average molecular weight is 328 g/mol. The van der Waals surface area contributed by atoms with Crippen LogP contribution in [0.25, 0.3) is 0 Å². The van der Waals surface area contributed by atoms with Crippen molar-refractivity contribution < 1.29 is 23.1 Å². The number of carboxylic acids is 1. The third-order valence-electron chi connectivity index (χ3n) is 2.91. The molecule has 1 rings (SSSR count).